The van der Waals surface area contributed by atoms with E-state index in [-0.39, 0.29) is 5.56 Å². The van der Waals surface area contributed by atoms with Crippen LogP contribution in [0.3, 0.4) is 0 Å². The Bertz CT molecular complexity index is 794. The topological polar surface area (TPSA) is 97.4 Å². The zero-order chi connectivity index (χ0) is 17.7. The Hall–Kier alpha value is -2.67. The third-order valence-corrected chi connectivity index (χ3v) is 3.33. The van der Waals surface area contributed by atoms with Crippen LogP contribution in [0.15, 0.2) is 30.3 Å². The minimum Gasteiger partial charge on any atom is -0.449 e. The van der Waals surface area contributed by atoms with Crippen LogP contribution in [0, 0.1) is 0 Å². The number of urea groups is 1. The first kappa shape index (κ1) is 17.7. The van der Waals surface area contributed by atoms with E-state index in [9.17, 15) is 14.4 Å². The second kappa shape index (κ2) is 7.74. The highest BCUT2D eigenvalue weighted by Gasteiger charge is 2.20. The molecule has 0 fully saturated rings. The lowest BCUT2D eigenvalue weighted by molar-refractivity contribution is -0.127. The Morgan fingerprint density at radius 3 is 2.71 bits per heavy atom. The van der Waals surface area contributed by atoms with Crippen LogP contribution in [0.5, 0.6) is 0 Å². The van der Waals surface area contributed by atoms with Crippen molar-refractivity contribution in [1.29, 1.82) is 0 Å². The van der Waals surface area contributed by atoms with E-state index in [1.54, 1.807) is 31.2 Å². The number of halogens is 1. The van der Waals surface area contributed by atoms with E-state index in [2.05, 4.69) is 15.6 Å². The Morgan fingerprint density at radius 1 is 1.25 bits per heavy atom. The molecule has 1 atom stereocenters. The Kier molecular flexibility index (Phi) is 5.70. The van der Waals surface area contributed by atoms with Gasteiger partial charge in [-0.1, -0.05) is 11.6 Å². The zero-order valence-corrected chi connectivity index (χ0v) is 13.9. The maximum atomic E-state index is 12.1. The molecular formula is C16H16ClN3O4. The number of ether oxygens (including phenoxy) is 1. The number of carbonyl (C=O) groups is 3. The van der Waals surface area contributed by atoms with Crippen LogP contribution in [0.4, 0.5) is 4.79 Å². The van der Waals surface area contributed by atoms with E-state index in [0.29, 0.717) is 22.6 Å². The molecule has 126 valence electrons. The first-order valence-electron chi connectivity index (χ1n) is 7.26. The number of rotatable bonds is 4. The number of imide groups is 1. The van der Waals surface area contributed by atoms with Crippen molar-refractivity contribution < 1.29 is 19.1 Å². The number of carbonyl (C=O) groups excluding carboxylic acids is 3. The van der Waals surface area contributed by atoms with Gasteiger partial charge < -0.3 is 10.1 Å². The van der Waals surface area contributed by atoms with Gasteiger partial charge in [0.1, 0.15) is 5.15 Å². The maximum absolute atomic E-state index is 12.1. The highest BCUT2D eigenvalue weighted by Crippen LogP contribution is 2.18. The fraction of sp³-hybridized carbons (Fsp3) is 0.250. The lowest BCUT2D eigenvalue weighted by atomic mass is 10.1. The van der Waals surface area contributed by atoms with Gasteiger partial charge >= 0.3 is 12.0 Å². The average Bonchev–Trinajstić information content (AvgIpc) is 2.54. The van der Waals surface area contributed by atoms with Gasteiger partial charge in [0.15, 0.2) is 6.10 Å². The summed E-state index contributed by atoms with van der Waals surface area (Å²) in [6, 6.07) is 7.46. The molecule has 2 N–H and O–H groups in total. The molecule has 1 aromatic carbocycles. The van der Waals surface area contributed by atoms with Gasteiger partial charge in [0.25, 0.3) is 5.91 Å². The van der Waals surface area contributed by atoms with Crippen molar-refractivity contribution in [3.63, 3.8) is 0 Å². The number of fused-ring (bicyclic) bond motifs is 1. The van der Waals surface area contributed by atoms with E-state index >= 15 is 0 Å². The largest absolute Gasteiger partial charge is 0.449 e. The van der Waals surface area contributed by atoms with Gasteiger partial charge in [-0.3, -0.25) is 10.1 Å². The van der Waals surface area contributed by atoms with Gasteiger partial charge in [0, 0.05) is 11.9 Å². The molecule has 2 rings (SSSR count). The molecule has 0 bridgehead atoms. The van der Waals surface area contributed by atoms with Crippen LogP contribution < -0.4 is 10.6 Å². The molecule has 0 aliphatic carbocycles. The van der Waals surface area contributed by atoms with Crippen LogP contribution in [-0.4, -0.2) is 35.5 Å². The summed E-state index contributed by atoms with van der Waals surface area (Å²) in [5.41, 5.74) is 0.908. The van der Waals surface area contributed by atoms with Gasteiger partial charge in [0.05, 0.1) is 11.1 Å². The highest BCUT2D eigenvalue weighted by molar-refractivity contribution is 6.29. The minimum atomic E-state index is -1.11. The van der Waals surface area contributed by atoms with Gasteiger partial charge in [-0.25, -0.2) is 14.6 Å². The molecule has 7 nitrogen and oxygen atoms in total. The van der Waals surface area contributed by atoms with E-state index in [1.807, 2.05) is 0 Å². The van der Waals surface area contributed by atoms with Crippen molar-refractivity contribution in [3.8, 4) is 0 Å². The minimum absolute atomic E-state index is 0.268. The van der Waals surface area contributed by atoms with Crippen LogP contribution in [0.1, 0.15) is 24.2 Å². The first-order chi connectivity index (χ1) is 11.4. The summed E-state index contributed by atoms with van der Waals surface area (Å²) in [4.78, 5) is 39.3. The lowest BCUT2D eigenvalue weighted by Gasteiger charge is -2.13. The fourth-order valence-electron chi connectivity index (χ4n) is 1.93. The molecule has 8 heteroatoms. The molecule has 1 aromatic heterocycles. The number of nitrogens with one attached hydrogen (secondary N) is 2. The molecule has 0 aliphatic rings. The third-order valence-electron chi connectivity index (χ3n) is 3.12. The fourth-order valence-corrected chi connectivity index (χ4v) is 2.08. The van der Waals surface area contributed by atoms with Gasteiger partial charge in [-0.2, -0.15) is 0 Å². The van der Waals surface area contributed by atoms with Gasteiger partial charge in [0.2, 0.25) is 0 Å². The quantitative estimate of drug-likeness (QED) is 0.652. The molecule has 0 radical (unpaired) electrons. The second-order valence-electron chi connectivity index (χ2n) is 4.94. The first-order valence-corrected chi connectivity index (χ1v) is 7.64. The van der Waals surface area contributed by atoms with E-state index in [4.69, 9.17) is 16.3 Å². The van der Waals surface area contributed by atoms with E-state index < -0.39 is 24.0 Å². The third kappa shape index (κ3) is 4.42. The van der Waals surface area contributed by atoms with E-state index in [1.165, 1.54) is 13.0 Å². The van der Waals surface area contributed by atoms with Crippen LogP contribution in [0.25, 0.3) is 10.9 Å². The highest BCUT2D eigenvalue weighted by atomic mass is 35.5. The predicted molar refractivity (Wildman–Crippen MR) is 88.8 cm³/mol. The number of amides is 3. The lowest BCUT2D eigenvalue weighted by Crippen LogP contribution is -2.44. The Labute approximate surface area is 143 Å². The SMILES string of the molecule is CCNC(=O)NC(=O)C(C)OC(=O)c1ccc2nc(Cl)ccc2c1. The van der Waals surface area contributed by atoms with Gasteiger partial charge in [-0.05, 0) is 44.2 Å². The Balaban J connectivity index is 2.04. The number of benzene rings is 1. The van der Waals surface area contributed by atoms with Crippen LogP contribution in [-0.2, 0) is 9.53 Å². The number of aromatic nitrogens is 1. The molecule has 0 aliphatic heterocycles. The summed E-state index contributed by atoms with van der Waals surface area (Å²) >= 11 is 5.81. The summed E-state index contributed by atoms with van der Waals surface area (Å²) < 4.78 is 5.07. The smallest absolute Gasteiger partial charge is 0.338 e. The molecule has 0 spiro atoms. The van der Waals surface area contributed by atoms with Crippen molar-refractivity contribution in [2.24, 2.45) is 0 Å². The average molecular weight is 350 g/mol. The Morgan fingerprint density at radius 2 is 2.00 bits per heavy atom. The number of hydrogen-bond donors (Lipinski definition) is 2. The molecule has 2 aromatic rings. The summed E-state index contributed by atoms with van der Waals surface area (Å²) in [5, 5.41) is 5.57. The van der Waals surface area contributed by atoms with Crippen LogP contribution >= 0.6 is 11.6 Å². The summed E-state index contributed by atoms with van der Waals surface area (Å²) in [7, 11) is 0. The number of hydrogen-bond acceptors (Lipinski definition) is 5. The second-order valence-corrected chi connectivity index (χ2v) is 5.32. The van der Waals surface area contributed by atoms with Gasteiger partial charge in [-0.15, -0.1) is 0 Å². The molecule has 0 saturated heterocycles. The molecule has 0 saturated carbocycles. The monoisotopic (exact) mass is 349 g/mol. The maximum Gasteiger partial charge on any atom is 0.338 e. The normalized spacial score (nSPS) is 11.6. The van der Waals surface area contributed by atoms with E-state index in [0.717, 1.165) is 0 Å². The summed E-state index contributed by atoms with van der Waals surface area (Å²) in [6.07, 6.45) is -1.11. The van der Waals surface area contributed by atoms with Crippen molar-refractivity contribution in [3.05, 3.63) is 41.0 Å². The molecular weight excluding hydrogens is 334 g/mol. The molecule has 24 heavy (non-hydrogen) atoms. The van der Waals surface area contributed by atoms with Crippen molar-refractivity contribution in [2.75, 3.05) is 6.54 Å². The van der Waals surface area contributed by atoms with Crippen molar-refractivity contribution >= 4 is 40.4 Å². The van der Waals surface area contributed by atoms with Crippen molar-refractivity contribution in [2.45, 2.75) is 20.0 Å². The zero-order valence-electron chi connectivity index (χ0n) is 13.1. The summed E-state index contributed by atoms with van der Waals surface area (Å²) in [5.74, 6) is -1.38. The number of nitrogens with zero attached hydrogens (tertiary/aromatic N) is 1. The predicted octanol–water partition coefficient (Wildman–Crippen LogP) is 2.28. The molecule has 1 heterocycles. The van der Waals surface area contributed by atoms with Crippen molar-refractivity contribution in [1.82, 2.24) is 15.6 Å². The summed E-state index contributed by atoms with van der Waals surface area (Å²) in [6.45, 7) is 3.48. The van der Waals surface area contributed by atoms with Crippen LogP contribution in [0.2, 0.25) is 5.15 Å². The molecule has 3 amide bonds. The molecule has 1 unspecified atom stereocenters. The number of esters is 1. The standard InChI is InChI=1S/C16H16ClN3O4/c1-3-18-16(23)20-14(21)9(2)24-15(22)11-4-6-12-10(8-11)5-7-13(17)19-12/h4-9H,3H2,1-2H3,(H2,18,20,21,23). The number of pyridine rings is 1.